The van der Waals surface area contributed by atoms with Gasteiger partial charge in [-0.1, -0.05) is 0 Å². The van der Waals surface area contributed by atoms with Crippen LogP contribution in [0.15, 0.2) is 0 Å². The molecule has 2 aliphatic rings. The summed E-state index contributed by atoms with van der Waals surface area (Å²) in [6.45, 7) is 4.18. The Morgan fingerprint density at radius 1 is 1.06 bits per heavy atom. The normalized spacial score (nSPS) is 26.2. The first-order valence-corrected chi connectivity index (χ1v) is 6.80. The van der Waals surface area contributed by atoms with Crippen molar-refractivity contribution >= 4 is 11.8 Å². The molecule has 2 saturated heterocycles. The molecule has 0 spiro atoms. The lowest BCUT2D eigenvalue weighted by molar-refractivity contribution is -0.142. The molecule has 0 unspecified atom stereocenters. The van der Waals surface area contributed by atoms with Gasteiger partial charge in [0.25, 0.3) is 0 Å². The van der Waals surface area contributed by atoms with Crippen LogP contribution in [0.1, 0.15) is 32.6 Å². The lowest BCUT2D eigenvalue weighted by atomic mass is 9.94. The van der Waals surface area contributed by atoms with Gasteiger partial charge in [-0.15, -0.1) is 0 Å². The summed E-state index contributed by atoms with van der Waals surface area (Å²) < 4.78 is 0. The van der Waals surface area contributed by atoms with Gasteiger partial charge in [-0.3, -0.25) is 9.59 Å². The fourth-order valence-electron chi connectivity index (χ4n) is 2.85. The number of amides is 2. The van der Waals surface area contributed by atoms with E-state index in [4.69, 9.17) is 0 Å². The average molecular weight is 254 g/mol. The van der Waals surface area contributed by atoms with Crippen molar-refractivity contribution in [3.63, 3.8) is 0 Å². The standard InChI is InChI=1S/C13H22N2O3/c1-10(16)14-7-4-11(5-8-14)13(18)15-6-2-3-12(17)9-15/h11-12,17H,2-9H2,1H3/t12-/m1/s1. The summed E-state index contributed by atoms with van der Waals surface area (Å²) in [5, 5.41) is 9.59. The Hall–Kier alpha value is -1.10. The van der Waals surface area contributed by atoms with Gasteiger partial charge in [0.2, 0.25) is 11.8 Å². The van der Waals surface area contributed by atoms with Crippen LogP contribution in [-0.2, 0) is 9.59 Å². The van der Waals surface area contributed by atoms with Gasteiger partial charge >= 0.3 is 0 Å². The molecule has 2 amide bonds. The van der Waals surface area contributed by atoms with Crippen LogP contribution < -0.4 is 0 Å². The van der Waals surface area contributed by atoms with Crippen molar-refractivity contribution in [1.82, 2.24) is 9.80 Å². The van der Waals surface area contributed by atoms with Crippen molar-refractivity contribution in [2.24, 2.45) is 5.92 Å². The van der Waals surface area contributed by atoms with Crippen LogP contribution >= 0.6 is 0 Å². The number of rotatable bonds is 1. The highest BCUT2D eigenvalue weighted by Gasteiger charge is 2.31. The van der Waals surface area contributed by atoms with E-state index in [2.05, 4.69) is 0 Å². The van der Waals surface area contributed by atoms with E-state index in [9.17, 15) is 14.7 Å². The maximum atomic E-state index is 12.3. The Balaban J connectivity index is 1.85. The number of hydrogen-bond acceptors (Lipinski definition) is 3. The van der Waals surface area contributed by atoms with E-state index >= 15 is 0 Å². The first-order valence-electron chi connectivity index (χ1n) is 6.80. The molecule has 0 aromatic carbocycles. The zero-order valence-electron chi connectivity index (χ0n) is 11.0. The quantitative estimate of drug-likeness (QED) is 0.728. The van der Waals surface area contributed by atoms with Crippen molar-refractivity contribution in [1.29, 1.82) is 0 Å². The number of likely N-dealkylation sites (tertiary alicyclic amines) is 2. The van der Waals surface area contributed by atoms with E-state index in [1.165, 1.54) is 0 Å². The zero-order valence-corrected chi connectivity index (χ0v) is 11.0. The molecule has 1 N–H and O–H groups in total. The molecule has 0 aromatic heterocycles. The van der Waals surface area contributed by atoms with E-state index in [0.29, 0.717) is 19.6 Å². The number of nitrogens with zero attached hydrogens (tertiary/aromatic N) is 2. The van der Waals surface area contributed by atoms with Crippen LogP contribution in [0.2, 0.25) is 0 Å². The summed E-state index contributed by atoms with van der Waals surface area (Å²) in [7, 11) is 0. The topological polar surface area (TPSA) is 60.9 Å². The van der Waals surface area contributed by atoms with Gasteiger partial charge < -0.3 is 14.9 Å². The number of hydrogen-bond donors (Lipinski definition) is 1. The summed E-state index contributed by atoms with van der Waals surface area (Å²) >= 11 is 0. The summed E-state index contributed by atoms with van der Waals surface area (Å²) in [5.74, 6) is 0.289. The first-order chi connectivity index (χ1) is 8.58. The third-order valence-electron chi connectivity index (χ3n) is 4.00. The molecule has 18 heavy (non-hydrogen) atoms. The number of aliphatic hydroxyl groups excluding tert-OH is 1. The van der Waals surface area contributed by atoms with Gasteiger partial charge in [0, 0.05) is 39.0 Å². The van der Waals surface area contributed by atoms with Crippen LogP contribution in [0, 0.1) is 5.92 Å². The minimum absolute atomic E-state index is 0.0332. The molecule has 0 bridgehead atoms. The highest BCUT2D eigenvalue weighted by atomic mass is 16.3. The van der Waals surface area contributed by atoms with E-state index in [-0.39, 0.29) is 23.8 Å². The molecular formula is C13H22N2O3. The largest absolute Gasteiger partial charge is 0.391 e. The Morgan fingerprint density at radius 2 is 1.72 bits per heavy atom. The second-order valence-electron chi connectivity index (χ2n) is 5.36. The summed E-state index contributed by atoms with van der Waals surface area (Å²) in [5.41, 5.74) is 0. The SMILES string of the molecule is CC(=O)N1CCC(C(=O)N2CCC[C@@H](O)C2)CC1. The molecule has 102 valence electrons. The molecule has 0 radical (unpaired) electrons. The van der Waals surface area contributed by atoms with Gasteiger partial charge in [-0.25, -0.2) is 0 Å². The number of piperidine rings is 2. The van der Waals surface area contributed by atoms with Crippen molar-refractivity contribution in [2.75, 3.05) is 26.2 Å². The molecule has 5 nitrogen and oxygen atoms in total. The van der Waals surface area contributed by atoms with Crippen LogP contribution in [0.25, 0.3) is 0 Å². The fraction of sp³-hybridized carbons (Fsp3) is 0.846. The van der Waals surface area contributed by atoms with Gasteiger partial charge in [-0.05, 0) is 25.7 Å². The third-order valence-corrected chi connectivity index (χ3v) is 4.00. The molecule has 0 saturated carbocycles. The minimum Gasteiger partial charge on any atom is -0.391 e. The average Bonchev–Trinajstić information content (AvgIpc) is 2.38. The maximum absolute atomic E-state index is 12.3. The molecule has 2 fully saturated rings. The van der Waals surface area contributed by atoms with E-state index in [1.807, 2.05) is 0 Å². The molecule has 1 atom stereocenters. The molecule has 5 heteroatoms. The smallest absolute Gasteiger partial charge is 0.225 e. The number of aliphatic hydroxyl groups is 1. The predicted molar refractivity (Wildman–Crippen MR) is 66.8 cm³/mol. The summed E-state index contributed by atoms with van der Waals surface area (Å²) in [4.78, 5) is 27.1. The van der Waals surface area contributed by atoms with Gasteiger partial charge in [-0.2, -0.15) is 0 Å². The van der Waals surface area contributed by atoms with Crippen molar-refractivity contribution < 1.29 is 14.7 Å². The number of β-amino-alcohol motifs (C(OH)–C–C–N with tert-alkyl or cyclic N) is 1. The molecular weight excluding hydrogens is 232 g/mol. The Bertz CT molecular complexity index is 324. The van der Waals surface area contributed by atoms with Crippen molar-refractivity contribution in [2.45, 2.75) is 38.7 Å². The van der Waals surface area contributed by atoms with E-state index in [0.717, 1.165) is 32.2 Å². The van der Waals surface area contributed by atoms with Crippen LogP contribution in [-0.4, -0.2) is 59.0 Å². The van der Waals surface area contributed by atoms with E-state index in [1.54, 1.807) is 16.7 Å². The highest BCUT2D eigenvalue weighted by molar-refractivity contribution is 5.79. The Labute approximate surface area is 108 Å². The van der Waals surface area contributed by atoms with Crippen LogP contribution in [0.3, 0.4) is 0 Å². The molecule has 2 rings (SSSR count). The monoisotopic (exact) mass is 254 g/mol. The lowest BCUT2D eigenvalue weighted by Gasteiger charge is -2.36. The second-order valence-corrected chi connectivity index (χ2v) is 5.36. The van der Waals surface area contributed by atoms with Gasteiger partial charge in [0.15, 0.2) is 0 Å². The second kappa shape index (κ2) is 5.69. The molecule has 2 heterocycles. The lowest BCUT2D eigenvalue weighted by Crippen LogP contribution is -2.48. The number of carbonyl (C=O) groups is 2. The van der Waals surface area contributed by atoms with Gasteiger partial charge in [0.05, 0.1) is 6.10 Å². The summed E-state index contributed by atoms with van der Waals surface area (Å²) in [6.07, 6.45) is 2.84. The third kappa shape index (κ3) is 3.02. The van der Waals surface area contributed by atoms with Crippen LogP contribution in [0.5, 0.6) is 0 Å². The Kier molecular flexibility index (Phi) is 4.22. The maximum Gasteiger partial charge on any atom is 0.225 e. The molecule has 0 aromatic rings. The predicted octanol–water partition coefficient (Wildman–Crippen LogP) is 0.228. The van der Waals surface area contributed by atoms with Gasteiger partial charge in [0.1, 0.15) is 0 Å². The van der Waals surface area contributed by atoms with E-state index < -0.39 is 0 Å². The Morgan fingerprint density at radius 3 is 2.28 bits per heavy atom. The fourth-order valence-corrected chi connectivity index (χ4v) is 2.85. The van der Waals surface area contributed by atoms with Crippen LogP contribution in [0.4, 0.5) is 0 Å². The summed E-state index contributed by atoms with van der Waals surface area (Å²) in [6, 6.07) is 0. The molecule has 0 aliphatic carbocycles. The molecule has 2 aliphatic heterocycles. The number of carbonyl (C=O) groups excluding carboxylic acids is 2. The zero-order chi connectivity index (χ0) is 13.1. The minimum atomic E-state index is -0.361. The first kappa shape index (κ1) is 13.3. The van der Waals surface area contributed by atoms with Crippen molar-refractivity contribution in [3.05, 3.63) is 0 Å². The van der Waals surface area contributed by atoms with Crippen molar-refractivity contribution in [3.8, 4) is 0 Å². The highest BCUT2D eigenvalue weighted by Crippen LogP contribution is 2.22.